The lowest BCUT2D eigenvalue weighted by molar-refractivity contribution is -0.117. The molecule has 0 bridgehead atoms. The summed E-state index contributed by atoms with van der Waals surface area (Å²) in [6.07, 6.45) is 0.785. The van der Waals surface area contributed by atoms with Gasteiger partial charge in [-0.2, -0.15) is 0 Å². The van der Waals surface area contributed by atoms with Gasteiger partial charge in [-0.1, -0.05) is 37.3 Å². The second-order valence-corrected chi connectivity index (χ2v) is 5.58. The van der Waals surface area contributed by atoms with Crippen molar-refractivity contribution in [2.45, 2.75) is 33.1 Å². The van der Waals surface area contributed by atoms with Crippen LogP contribution in [-0.4, -0.2) is 19.0 Å². The van der Waals surface area contributed by atoms with Gasteiger partial charge in [-0.15, -0.1) is 0 Å². The van der Waals surface area contributed by atoms with Crippen molar-refractivity contribution >= 4 is 17.3 Å². The fourth-order valence-electron chi connectivity index (χ4n) is 2.83. The third-order valence-corrected chi connectivity index (χ3v) is 4.19. The van der Waals surface area contributed by atoms with Crippen LogP contribution in [0.15, 0.2) is 54.6 Å². The van der Waals surface area contributed by atoms with E-state index in [0.29, 0.717) is 0 Å². The number of amides is 1. The van der Waals surface area contributed by atoms with Crippen LogP contribution in [0.5, 0.6) is 0 Å². The molecule has 0 saturated heterocycles. The molecule has 0 spiro atoms. The summed E-state index contributed by atoms with van der Waals surface area (Å²) in [5, 5.41) is 3.04. The van der Waals surface area contributed by atoms with E-state index in [1.165, 1.54) is 5.69 Å². The van der Waals surface area contributed by atoms with Crippen LogP contribution in [0, 0.1) is 0 Å². The molecule has 1 N–H and O–H groups in total. The maximum Gasteiger partial charge on any atom is 0.231 e. The van der Waals surface area contributed by atoms with Crippen molar-refractivity contribution in [3.05, 3.63) is 60.2 Å². The smallest absolute Gasteiger partial charge is 0.231 e. The highest BCUT2D eigenvalue weighted by Gasteiger charge is 2.18. The Morgan fingerprint density at radius 3 is 2.09 bits per heavy atom. The van der Waals surface area contributed by atoms with Gasteiger partial charge < -0.3 is 10.2 Å². The molecule has 122 valence electrons. The van der Waals surface area contributed by atoms with E-state index in [4.69, 9.17) is 0 Å². The molecular weight excluding hydrogens is 284 g/mol. The second kappa shape index (κ2) is 8.37. The molecule has 0 radical (unpaired) electrons. The highest BCUT2D eigenvalue weighted by Crippen LogP contribution is 2.23. The number of anilines is 2. The molecule has 23 heavy (non-hydrogen) atoms. The summed E-state index contributed by atoms with van der Waals surface area (Å²) in [4.78, 5) is 14.8. The summed E-state index contributed by atoms with van der Waals surface area (Å²) < 4.78 is 0. The van der Waals surface area contributed by atoms with E-state index in [1.54, 1.807) is 0 Å². The predicted molar refractivity (Wildman–Crippen MR) is 98.1 cm³/mol. The minimum Gasteiger partial charge on any atom is -0.372 e. The first-order valence-corrected chi connectivity index (χ1v) is 8.40. The van der Waals surface area contributed by atoms with E-state index in [-0.39, 0.29) is 11.8 Å². The van der Waals surface area contributed by atoms with E-state index >= 15 is 0 Å². The van der Waals surface area contributed by atoms with Gasteiger partial charge in [0.25, 0.3) is 0 Å². The topological polar surface area (TPSA) is 32.3 Å². The number of rotatable bonds is 7. The SMILES string of the molecule is CCC(C(=O)Nc1ccc(N(CC)CC)cc1)c1ccccc1. The van der Waals surface area contributed by atoms with Crippen molar-refractivity contribution in [1.82, 2.24) is 0 Å². The fraction of sp³-hybridized carbons (Fsp3) is 0.350. The lowest BCUT2D eigenvalue weighted by Crippen LogP contribution is -2.22. The molecule has 3 heteroatoms. The van der Waals surface area contributed by atoms with Gasteiger partial charge in [0, 0.05) is 24.5 Å². The van der Waals surface area contributed by atoms with Gasteiger partial charge in [0.1, 0.15) is 0 Å². The van der Waals surface area contributed by atoms with Gasteiger partial charge >= 0.3 is 0 Å². The second-order valence-electron chi connectivity index (χ2n) is 5.58. The van der Waals surface area contributed by atoms with Gasteiger partial charge in [0.2, 0.25) is 5.91 Å². The van der Waals surface area contributed by atoms with Crippen molar-refractivity contribution in [2.75, 3.05) is 23.3 Å². The van der Waals surface area contributed by atoms with Crippen LogP contribution in [0.4, 0.5) is 11.4 Å². The van der Waals surface area contributed by atoms with Crippen LogP contribution in [0.1, 0.15) is 38.7 Å². The third-order valence-electron chi connectivity index (χ3n) is 4.19. The normalized spacial score (nSPS) is 11.8. The first-order valence-electron chi connectivity index (χ1n) is 8.40. The van der Waals surface area contributed by atoms with E-state index in [1.807, 2.05) is 49.4 Å². The Kier molecular flexibility index (Phi) is 6.21. The Balaban J connectivity index is 2.07. The first-order chi connectivity index (χ1) is 11.2. The Labute approximate surface area is 139 Å². The van der Waals surface area contributed by atoms with Crippen LogP contribution in [-0.2, 0) is 4.79 Å². The molecule has 3 nitrogen and oxygen atoms in total. The summed E-state index contributed by atoms with van der Waals surface area (Å²) in [5.74, 6) is -0.0621. The molecule has 2 aromatic carbocycles. The summed E-state index contributed by atoms with van der Waals surface area (Å²) in [6.45, 7) is 8.29. The zero-order valence-electron chi connectivity index (χ0n) is 14.3. The molecule has 0 aliphatic carbocycles. The zero-order chi connectivity index (χ0) is 16.7. The van der Waals surface area contributed by atoms with Gasteiger partial charge in [0.05, 0.1) is 5.92 Å². The van der Waals surface area contributed by atoms with Gasteiger partial charge in [-0.05, 0) is 50.1 Å². The first kappa shape index (κ1) is 17.1. The maximum atomic E-state index is 12.6. The van der Waals surface area contributed by atoms with E-state index in [9.17, 15) is 4.79 Å². The van der Waals surface area contributed by atoms with Crippen molar-refractivity contribution in [2.24, 2.45) is 0 Å². The standard InChI is InChI=1S/C20H26N2O/c1-4-19(16-10-8-7-9-11-16)20(23)21-17-12-14-18(15-13-17)22(5-2)6-3/h7-15,19H,4-6H2,1-3H3,(H,21,23). The molecule has 0 saturated carbocycles. The number of benzene rings is 2. The van der Waals surface area contributed by atoms with Crippen LogP contribution < -0.4 is 10.2 Å². The molecule has 0 heterocycles. The van der Waals surface area contributed by atoms with Gasteiger partial charge in [-0.25, -0.2) is 0 Å². The molecule has 1 amide bonds. The van der Waals surface area contributed by atoms with E-state index in [2.05, 4.69) is 36.2 Å². The average molecular weight is 310 g/mol. The summed E-state index contributed by atoms with van der Waals surface area (Å²) in [7, 11) is 0. The van der Waals surface area contributed by atoms with E-state index in [0.717, 1.165) is 30.8 Å². The predicted octanol–water partition coefficient (Wildman–Crippen LogP) is 4.67. The number of nitrogens with one attached hydrogen (secondary N) is 1. The minimum absolute atomic E-state index is 0.0503. The summed E-state index contributed by atoms with van der Waals surface area (Å²) in [5.41, 5.74) is 3.09. The Hall–Kier alpha value is -2.29. The average Bonchev–Trinajstić information content (AvgIpc) is 2.59. The highest BCUT2D eigenvalue weighted by molar-refractivity contribution is 5.95. The Morgan fingerprint density at radius 1 is 0.957 bits per heavy atom. The quantitative estimate of drug-likeness (QED) is 0.806. The number of carbonyl (C=O) groups is 1. The maximum absolute atomic E-state index is 12.6. The Bertz CT molecular complexity index is 603. The van der Waals surface area contributed by atoms with Crippen molar-refractivity contribution in [3.8, 4) is 0 Å². The molecule has 1 atom stereocenters. The summed E-state index contributed by atoms with van der Waals surface area (Å²) >= 11 is 0. The lowest BCUT2D eigenvalue weighted by atomic mass is 9.95. The highest BCUT2D eigenvalue weighted by atomic mass is 16.1. The van der Waals surface area contributed by atoms with Crippen LogP contribution in [0.25, 0.3) is 0 Å². The van der Waals surface area contributed by atoms with E-state index < -0.39 is 0 Å². The largest absolute Gasteiger partial charge is 0.372 e. The lowest BCUT2D eigenvalue weighted by Gasteiger charge is -2.21. The molecule has 0 fully saturated rings. The van der Waals surface area contributed by atoms with Crippen LogP contribution in [0.2, 0.25) is 0 Å². The molecule has 2 aromatic rings. The van der Waals surface area contributed by atoms with Gasteiger partial charge in [0.15, 0.2) is 0 Å². The van der Waals surface area contributed by atoms with Crippen molar-refractivity contribution in [1.29, 1.82) is 0 Å². The number of nitrogens with zero attached hydrogens (tertiary/aromatic N) is 1. The molecular formula is C20H26N2O. The molecule has 0 aliphatic heterocycles. The summed E-state index contributed by atoms with van der Waals surface area (Å²) in [6, 6.07) is 18.0. The minimum atomic E-state index is -0.112. The monoisotopic (exact) mass is 310 g/mol. The molecule has 0 aromatic heterocycles. The number of hydrogen-bond donors (Lipinski definition) is 1. The Morgan fingerprint density at radius 2 is 1.57 bits per heavy atom. The fourth-order valence-corrected chi connectivity index (χ4v) is 2.83. The van der Waals surface area contributed by atoms with Crippen LogP contribution >= 0.6 is 0 Å². The van der Waals surface area contributed by atoms with Gasteiger partial charge in [-0.3, -0.25) is 4.79 Å². The van der Waals surface area contributed by atoms with Crippen LogP contribution in [0.3, 0.4) is 0 Å². The van der Waals surface area contributed by atoms with Crippen molar-refractivity contribution < 1.29 is 4.79 Å². The van der Waals surface area contributed by atoms with Crippen molar-refractivity contribution in [3.63, 3.8) is 0 Å². The third kappa shape index (κ3) is 4.35. The molecule has 1 unspecified atom stereocenters. The molecule has 2 rings (SSSR count). The number of hydrogen-bond acceptors (Lipinski definition) is 2. The zero-order valence-corrected chi connectivity index (χ0v) is 14.3. The number of carbonyl (C=O) groups excluding carboxylic acids is 1. The molecule has 0 aliphatic rings.